The quantitative estimate of drug-likeness (QED) is 0.416. The van der Waals surface area contributed by atoms with Crippen LogP contribution in [0, 0.1) is 11.6 Å². The maximum absolute atomic E-state index is 14.4. The van der Waals surface area contributed by atoms with E-state index in [-0.39, 0.29) is 54.2 Å². The van der Waals surface area contributed by atoms with Crippen LogP contribution in [-0.2, 0) is 27.3 Å². The van der Waals surface area contributed by atoms with Gasteiger partial charge in [-0.2, -0.15) is 9.97 Å². The van der Waals surface area contributed by atoms with Crippen molar-refractivity contribution in [3.8, 4) is 11.9 Å². The van der Waals surface area contributed by atoms with Gasteiger partial charge >= 0.3 is 0 Å². The molecule has 0 saturated carbocycles. The van der Waals surface area contributed by atoms with Crippen molar-refractivity contribution in [3.63, 3.8) is 0 Å². The molecule has 2 aliphatic heterocycles. The molecule has 2 aromatic heterocycles. The van der Waals surface area contributed by atoms with E-state index in [0.717, 1.165) is 12.1 Å². The van der Waals surface area contributed by atoms with Gasteiger partial charge in [0.15, 0.2) is 11.8 Å². The largest absolute Gasteiger partial charge is 0.471 e. The fourth-order valence-electron chi connectivity index (χ4n) is 4.07. The summed E-state index contributed by atoms with van der Waals surface area (Å²) in [5.41, 5.74) is 5.74. The third-order valence-corrected chi connectivity index (χ3v) is 6.10. The van der Waals surface area contributed by atoms with Gasteiger partial charge in [-0.05, 0) is 30.2 Å². The number of carbonyl (C=O) groups is 1. The lowest BCUT2D eigenvalue weighted by Gasteiger charge is -2.15. The minimum atomic E-state index is -0.825. The molecule has 0 radical (unpaired) electrons. The topological polar surface area (TPSA) is 142 Å². The van der Waals surface area contributed by atoms with Crippen LogP contribution in [0.2, 0.25) is 5.02 Å². The van der Waals surface area contributed by atoms with E-state index in [2.05, 4.69) is 15.0 Å². The Balaban J connectivity index is 1.28. The molecule has 2 unspecified atom stereocenters. The maximum Gasteiger partial charge on any atom is 0.296 e. The molecule has 4 atom stereocenters. The van der Waals surface area contributed by atoms with Crippen molar-refractivity contribution in [1.82, 2.24) is 15.0 Å². The van der Waals surface area contributed by atoms with Crippen LogP contribution in [0.5, 0.6) is 11.9 Å². The number of aromatic nitrogens is 3. The van der Waals surface area contributed by atoms with Gasteiger partial charge in [0, 0.05) is 6.42 Å². The van der Waals surface area contributed by atoms with E-state index in [4.69, 9.17) is 36.3 Å². The minimum absolute atomic E-state index is 0.0202. The van der Waals surface area contributed by atoms with Gasteiger partial charge in [-0.25, -0.2) is 8.78 Å². The number of aliphatic hydroxyl groups excluding tert-OH is 1. The molecule has 4 heterocycles. The number of aromatic amines is 1. The molecular weight excluding hydrogens is 490 g/mol. The minimum Gasteiger partial charge on any atom is -0.471 e. The Morgan fingerprint density at radius 3 is 2.69 bits per heavy atom. The van der Waals surface area contributed by atoms with Crippen molar-refractivity contribution in [1.29, 1.82) is 0 Å². The molecule has 2 saturated heterocycles. The van der Waals surface area contributed by atoms with Crippen LogP contribution in [0.15, 0.2) is 18.2 Å². The van der Waals surface area contributed by atoms with Gasteiger partial charge in [0.2, 0.25) is 11.8 Å². The summed E-state index contributed by atoms with van der Waals surface area (Å²) >= 11 is 6.24. The fourth-order valence-corrected chi connectivity index (χ4v) is 4.28. The van der Waals surface area contributed by atoms with Gasteiger partial charge in [0.1, 0.15) is 41.6 Å². The highest BCUT2D eigenvalue weighted by Gasteiger charge is 2.48. The summed E-state index contributed by atoms with van der Waals surface area (Å²) in [6, 6.07) is 3.90. The Morgan fingerprint density at radius 1 is 1.20 bits per heavy atom. The normalized spacial score (nSPS) is 23.5. The first-order valence-corrected chi connectivity index (χ1v) is 11.2. The van der Waals surface area contributed by atoms with E-state index in [0.29, 0.717) is 11.1 Å². The number of halogens is 3. The number of pyridine rings is 1. The summed E-state index contributed by atoms with van der Waals surface area (Å²) < 4.78 is 51.3. The van der Waals surface area contributed by atoms with E-state index in [1.807, 2.05) is 0 Å². The molecule has 2 fully saturated rings. The Kier molecular flexibility index (Phi) is 6.45. The van der Waals surface area contributed by atoms with E-state index in [1.54, 1.807) is 0 Å². The van der Waals surface area contributed by atoms with E-state index in [9.17, 15) is 18.7 Å². The fraction of sp³-hybridized carbons (Fsp3) is 0.409. The molecule has 10 nitrogen and oxygen atoms in total. The number of nitrogens with two attached hydrogens (primary N) is 1. The first kappa shape index (κ1) is 23.7. The summed E-state index contributed by atoms with van der Waals surface area (Å²) in [4.78, 5) is 22.3. The van der Waals surface area contributed by atoms with Gasteiger partial charge in [0.05, 0.1) is 24.3 Å². The van der Waals surface area contributed by atoms with Gasteiger partial charge in [-0.1, -0.05) is 11.6 Å². The lowest BCUT2D eigenvalue weighted by molar-refractivity contribution is -0.118. The standard InChI is InChI=1S/C22H21ClF2N4O6/c23-11-5-14-20(29-22(27-14)35-16-8-33-18-15(30)7-32-19(16)18)28-21(11)34-6-10-12(24)3-9(4-13(10)25)1-2-17(26)31/h3-5,15-16,18-19,30H,1-2,6-8H2,(H2,26,31)(H,27,28,29)/t15-,16-,18?,19?/m1/s1. The molecule has 3 aromatic rings. The lowest BCUT2D eigenvalue weighted by atomic mass is 10.1. The van der Waals surface area contributed by atoms with E-state index in [1.165, 1.54) is 6.07 Å². The van der Waals surface area contributed by atoms with Crippen molar-refractivity contribution in [3.05, 3.63) is 46.0 Å². The number of primary amides is 1. The molecule has 5 rings (SSSR count). The summed E-state index contributed by atoms with van der Waals surface area (Å²) in [7, 11) is 0. The average molecular weight is 511 g/mol. The van der Waals surface area contributed by atoms with Gasteiger partial charge in [0.25, 0.3) is 6.01 Å². The molecule has 0 bridgehead atoms. The molecule has 186 valence electrons. The number of imidazole rings is 1. The third-order valence-electron chi connectivity index (χ3n) is 5.83. The summed E-state index contributed by atoms with van der Waals surface area (Å²) in [6.07, 6.45) is -1.94. The van der Waals surface area contributed by atoms with Crippen molar-refractivity contribution in [2.75, 3.05) is 13.2 Å². The number of H-pyrrole nitrogens is 1. The predicted octanol–water partition coefficient (Wildman–Crippen LogP) is 1.79. The average Bonchev–Trinajstić information content (AvgIpc) is 3.48. The monoisotopic (exact) mass is 510 g/mol. The highest BCUT2D eigenvalue weighted by atomic mass is 35.5. The number of benzene rings is 1. The van der Waals surface area contributed by atoms with Crippen LogP contribution in [0.4, 0.5) is 8.78 Å². The highest BCUT2D eigenvalue weighted by Crippen LogP contribution is 2.31. The number of ether oxygens (including phenoxy) is 4. The van der Waals surface area contributed by atoms with Crippen molar-refractivity contribution in [2.24, 2.45) is 5.73 Å². The molecule has 13 heteroatoms. The molecule has 2 aliphatic rings. The first-order valence-electron chi connectivity index (χ1n) is 10.8. The Morgan fingerprint density at radius 2 is 1.94 bits per heavy atom. The van der Waals surface area contributed by atoms with Gasteiger partial charge in [-0.15, -0.1) is 0 Å². The second-order valence-electron chi connectivity index (χ2n) is 8.30. The van der Waals surface area contributed by atoms with Crippen LogP contribution >= 0.6 is 11.6 Å². The molecular formula is C22H21ClF2N4O6. The summed E-state index contributed by atoms with van der Waals surface area (Å²) in [5, 5.41) is 9.95. The number of aryl methyl sites for hydroxylation is 1. The number of nitrogens with one attached hydrogen (secondary N) is 1. The molecule has 0 spiro atoms. The van der Waals surface area contributed by atoms with Crippen molar-refractivity contribution in [2.45, 2.75) is 43.9 Å². The maximum atomic E-state index is 14.4. The molecule has 4 N–H and O–H groups in total. The summed E-state index contributed by atoms with van der Waals surface area (Å²) in [5.74, 6) is -2.28. The van der Waals surface area contributed by atoms with Crippen molar-refractivity contribution >= 4 is 28.7 Å². The van der Waals surface area contributed by atoms with Crippen LogP contribution in [-0.4, -0.2) is 63.6 Å². The van der Waals surface area contributed by atoms with Crippen molar-refractivity contribution < 1.29 is 37.6 Å². The number of fused-ring (bicyclic) bond motifs is 2. The highest BCUT2D eigenvalue weighted by molar-refractivity contribution is 6.32. The number of aliphatic hydroxyl groups is 1. The molecule has 1 amide bonds. The summed E-state index contributed by atoms with van der Waals surface area (Å²) in [6.45, 7) is -0.0726. The smallest absolute Gasteiger partial charge is 0.296 e. The third kappa shape index (κ3) is 4.87. The Hall–Kier alpha value is -3.06. The van der Waals surface area contributed by atoms with Gasteiger partial charge < -0.3 is 34.8 Å². The van der Waals surface area contributed by atoms with Crippen LogP contribution in [0.3, 0.4) is 0 Å². The number of amides is 1. The first-order chi connectivity index (χ1) is 16.8. The van der Waals surface area contributed by atoms with Crippen LogP contribution < -0.4 is 15.2 Å². The Bertz CT molecular complexity index is 1250. The molecule has 35 heavy (non-hydrogen) atoms. The van der Waals surface area contributed by atoms with Crippen LogP contribution in [0.1, 0.15) is 17.5 Å². The number of carbonyl (C=O) groups excluding carboxylic acids is 1. The number of hydrogen-bond acceptors (Lipinski definition) is 8. The van der Waals surface area contributed by atoms with E-state index < -0.39 is 48.6 Å². The second kappa shape index (κ2) is 9.53. The number of rotatable bonds is 8. The number of hydrogen-bond donors (Lipinski definition) is 3. The van der Waals surface area contributed by atoms with E-state index >= 15 is 0 Å². The number of nitrogens with zero attached hydrogens (tertiary/aromatic N) is 2. The predicted molar refractivity (Wildman–Crippen MR) is 117 cm³/mol. The zero-order valence-electron chi connectivity index (χ0n) is 18.2. The molecule has 1 aromatic carbocycles. The zero-order chi connectivity index (χ0) is 24.7. The van der Waals surface area contributed by atoms with Gasteiger partial charge in [-0.3, -0.25) is 4.79 Å². The molecule has 0 aliphatic carbocycles. The lowest BCUT2D eigenvalue weighted by Crippen LogP contribution is -2.34. The Labute approximate surface area is 202 Å². The zero-order valence-corrected chi connectivity index (χ0v) is 18.9. The SMILES string of the molecule is NC(=O)CCc1cc(F)c(COc2nc3nc(O[C@@H]4COC5C4OC[C@H]5O)[nH]c3cc2Cl)c(F)c1. The van der Waals surface area contributed by atoms with Crippen LogP contribution in [0.25, 0.3) is 11.2 Å². The second-order valence-corrected chi connectivity index (χ2v) is 8.71.